The van der Waals surface area contributed by atoms with Crippen LogP contribution in [-0.4, -0.2) is 16.1 Å². The van der Waals surface area contributed by atoms with Gasteiger partial charge >= 0.3 is 0 Å². The first kappa shape index (κ1) is 36.0. The summed E-state index contributed by atoms with van der Waals surface area (Å²) < 4.78 is 0. The van der Waals surface area contributed by atoms with Crippen LogP contribution in [0.5, 0.6) is 0 Å². The standard InChI is InChI=1S/C52H50N2Si2/c1-35-33-48(54(38-19-13-10-14-20-38)40-25-29-42(30-26-40)56(6,7)8)50-45-22-16-15-21-44(45)49-36(2)34-47(46-32-31-43(35)51(50)52(46)49)53(37-17-11-9-12-18-37)39-23-27-41(28-24-39)55(3,4)5/h9-34H,1-8H3. The summed E-state index contributed by atoms with van der Waals surface area (Å²) in [7, 11) is -2.96. The topological polar surface area (TPSA) is 6.48 Å². The van der Waals surface area contributed by atoms with Gasteiger partial charge in [-0.1, -0.05) is 147 Å². The maximum absolute atomic E-state index is 2.49. The Morgan fingerprint density at radius 3 is 1.21 bits per heavy atom. The molecular formula is C52H50N2Si2. The van der Waals surface area contributed by atoms with Crippen molar-refractivity contribution in [2.24, 2.45) is 0 Å². The molecule has 0 N–H and O–H groups in total. The van der Waals surface area contributed by atoms with E-state index in [0.717, 1.165) is 11.4 Å². The van der Waals surface area contributed by atoms with E-state index in [-0.39, 0.29) is 0 Å². The van der Waals surface area contributed by atoms with Crippen LogP contribution in [0, 0.1) is 13.8 Å². The van der Waals surface area contributed by atoms with Crippen LogP contribution in [0.1, 0.15) is 11.1 Å². The van der Waals surface area contributed by atoms with Crippen LogP contribution in [0.3, 0.4) is 0 Å². The van der Waals surface area contributed by atoms with Gasteiger partial charge in [0.25, 0.3) is 0 Å². The van der Waals surface area contributed by atoms with Gasteiger partial charge in [-0.25, -0.2) is 0 Å². The predicted octanol–water partition coefficient (Wildman–Crippen LogP) is 14.4. The maximum Gasteiger partial charge on any atom is 0.0775 e. The second-order valence-electron chi connectivity index (χ2n) is 17.6. The van der Waals surface area contributed by atoms with E-state index < -0.39 is 16.1 Å². The van der Waals surface area contributed by atoms with Crippen LogP contribution in [0.2, 0.25) is 39.3 Å². The number of aryl methyl sites for hydroxylation is 2. The lowest BCUT2D eigenvalue weighted by Gasteiger charge is -2.31. The summed E-state index contributed by atoms with van der Waals surface area (Å²) in [5.41, 5.74) is 9.61. The summed E-state index contributed by atoms with van der Waals surface area (Å²) in [6.45, 7) is 19.1. The number of hydrogen-bond acceptors (Lipinski definition) is 2. The third-order valence-corrected chi connectivity index (χ3v) is 15.9. The lowest BCUT2D eigenvalue weighted by atomic mass is 9.84. The van der Waals surface area contributed by atoms with E-state index in [1.807, 2.05) is 0 Å². The SMILES string of the molecule is Cc1cc(N(c2ccccc2)c2ccc([Si](C)(C)C)cc2)c2c3ccccc3c3c(C)cc(N(c4ccccc4)c4ccc([Si](C)(C)C)cc4)c4ccc1c2c43. The molecule has 56 heavy (non-hydrogen) atoms. The number of fused-ring (bicyclic) bond motifs is 3. The van der Waals surface area contributed by atoms with Gasteiger partial charge in [-0.05, 0) is 107 Å². The lowest BCUT2D eigenvalue weighted by Crippen LogP contribution is -2.37. The zero-order valence-electron chi connectivity index (χ0n) is 33.9. The van der Waals surface area contributed by atoms with Gasteiger partial charge in [0.2, 0.25) is 0 Å². The molecule has 276 valence electrons. The third-order valence-electron chi connectivity index (χ3n) is 11.7. The van der Waals surface area contributed by atoms with E-state index in [0.29, 0.717) is 0 Å². The van der Waals surface area contributed by atoms with Gasteiger partial charge in [-0.2, -0.15) is 0 Å². The molecule has 0 saturated heterocycles. The van der Waals surface area contributed by atoms with Gasteiger partial charge in [0.05, 0.1) is 27.5 Å². The second-order valence-corrected chi connectivity index (χ2v) is 27.7. The number of rotatable bonds is 8. The minimum absolute atomic E-state index is 1.15. The molecule has 0 fully saturated rings. The minimum Gasteiger partial charge on any atom is -0.310 e. The number of hydrogen-bond donors (Lipinski definition) is 0. The molecule has 0 bridgehead atoms. The van der Waals surface area contributed by atoms with Gasteiger partial charge in [-0.3, -0.25) is 0 Å². The fourth-order valence-corrected chi connectivity index (χ4v) is 11.2. The van der Waals surface area contributed by atoms with Crippen molar-refractivity contribution in [3.63, 3.8) is 0 Å². The van der Waals surface area contributed by atoms with Crippen molar-refractivity contribution in [3.05, 3.63) is 169 Å². The fraction of sp³-hybridized carbons (Fsp3) is 0.154. The zero-order valence-corrected chi connectivity index (χ0v) is 35.9. The van der Waals surface area contributed by atoms with E-state index in [2.05, 4.69) is 221 Å². The Balaban J connectivity index is 1.40. The molecule has 0 aliphatic heterocycles. The highest BCUT2D eigenvalue weighted by Crippen LogP contribution is 2.52. The maximum atomic E-state index is 2.49. The van der Waals surface area contributed by atoms with Crippen molar-refractivity contribution in [1.82, 2.24) is 0 Å². The molecule has 0 atom stereocenters. The van der Waals surface area contributed by atoms with Crippen molar-refractivity contribution in [3.8, 4) is 0 Å². The quantitative estimate of drug-likeness (QED) is 0.0865. The van der Waals surface area contributed by atoms with Crippen molar-refractivity contribution in [1.29, 1.82) is 0 Å². The van der Waals surface area contributed by atoms with Gasteiger partial charge in [0, 0.05) is 44.3 Å². The van der Waals surface area contributed by atoms with E-state index in [9.17, 15) is 0 Å². The molecule has 9 aromatic rings. The summed E-state index contributed by atoms with van der Waals surface area (Å²) in [6.07, 6.45) is 0. The highest BCUT2D eigenvalue weighted by molar-refractivity contribution is 6.89. The highest BCUT2D eigenvalue weighted by Gasteiger charge is 2.27. The smallest absolute Gasteiger partial charge is 0.0775 e. The molecule has 0 radical (unpaired) electrons. The predicted molar refractivity (Wildman–Crippen MR) is 252 cm³/mol. The summed E-state index contributed by atoms with van der Waals surface area (Å²) in [6, 6.07) is 59.3. The molecule has 2 nitrogen and oxygen atoms in total. The summed E-state index contributed by atoms with van der Waals surface area (Å²) in [4.78, 5) is 4.96. The molecule has 0 aliphatic carbocycles. The van der Waals surface area contributed by atoms with Crippen molar-refractivity contribution >= 4 is 104 Å². The Morgan fingerprint density at radius 1 is 0.321 bits per heavy atom. The molecule has 0 aliphatic rings. The Hall–Kier alpha value is -5.69. The van der Waals surface area contributed by atoms with E-state index in [1.165, 1.54) is 87.3 Å². The molecule has 0 unspecified atom stereocenters. The number of para-hydroxylation sites is 2. The summed E-state index contributed by atoms with van der Waals surface area (Å²) in [5, 5.41) is 13.4. The fourth-order valence-electron chi connectivity index (χ4n) is 8.83. The second kappa shape index (κ2) is 13.5. The molecule has 0 aromatic heterocycles. The van der Waals surface area contributed by atoms with Crippen LogP contribution < -0.4 is 20.2 Å². The van der Waals surface area contributed by atoms with Crippen LogP contribution in [-0.2, 0) is 0 Å². The van der Waals surface area contributed by atoms with Crippen LogP contribution in [0.25, 0.3) is 43.1 Å². The third kappa shape index (κ3) is 6.00. The van der Waals surface area contributed by atoms with Gasteiger partial charge < -0.3 is 9.80 Å². The van der Waals surface area contributed by atoms with Gasteiger partial charge in [0.15, 0.2) is 0 Å². The molecule has 0 amide bonds. The first-order valence-electron chi connectivity index (χ1n) is 19.9. The molecule has 0 heterocycles. The Morgan fingerprint density at radius 2 is 0.714 bits per heavy atom. The summed E-state index contributed by atoms with van der Waals surface area (Å²) in [5.74, 6) is 0. The largest absolute Gasteiger partial charge is 0.310 e. The molecular weight excluding hydrogens is 709 g/mol. The molecule has 9 rings (SSSR count). The minimum atomic E-state index is -1.48. The van der Waals surface area contributed by atoms with E-state index in [1.54, 1.807) is 0 Å². The van der Waals surface area contributed by atoms with Crippen molar-refractivity contribution in [2.75, 3.05) is 9.80 Å². The zero-order chi connectivity index (χ0) is 38.9. The molecule has 0 saturated carbocycles. The van der Waals surface area contributed by atoms with Crippen molar-refractivity contribution in [2.45, 2.75) is 53.1 Å². The van der Waals surface area contributed by atoms with Crippen LogP contribution in [0.15, 0.2) is 158 Å². The van der Waals surface area contributed by atoms with E-state index in [4.69, 9.17) is 0 Å². The van der Waals surface area contributed by atoms with Gasteiger partial charge in [0.1, 0.15) is 0 Å². The first-order chi connectivity index (χ1) is 26.9. The molecule has 4 heteroatoms. The number of anilines is 6. The molecule has 9 aromatic carbocycles. The lowest BCUT2D eigenvalue weighted by molar-refractivity contribution is 1.29. The van der Waals surface area contributed by atoms with E-state index >= 15 is 0 Å². The van der Waals surface area contributed by atoms with Gasteiger partial charge in [-0.15, -0.1) is 0 Å². The van der Waals surface area contributed by atoms with Crippen molar-refractivity contribution < 1.29 is 0 Å². The number of benzene rings is 9. The Kier molecular flexibility index (Phi) is 8.68. The average molecular weight is 759 g/mol. The highest BCUT2D eigenvalue weighted by atomic mass is 28.3. The Labute approximate surface area is 334 Å². The van der Waals surface area contributed by atoms with Crippen LogP contribution >= 0.6 is 0 Å². The first-order valence-corrected chi connectivity index (χ1v) is 26.9. The summed E-state index contributed by atoms with van der Waals surface area (Å²) >= 11 is 0. The number of nitrogens with zero attached hydrogens (tertiary/aromatic N) is 2. The monoisotopic (exact) mass is 758 g/mol. The Bertz CT molecular complexity index is 2870. The average Bonchev–Trinajstić information content (AvgIpc) is 3.19. The normalized spacial score (nSPS) is 12.3. The molecule has 0 spiro atoms. The van der Waals surface area contributed by atoms with Crippen LogP contribution in [0.4, 0.5) is 34.1 Å².